The summed E-state index contributed by atoms with van der Waals surface area (Å²) in [5, 5.41) is 10.6. The second kappa shape index (κ2) is 5.19. The van der Waals surface area contributed by atoms with Gasteiger partial charge in [-0.2, -0.15) is 0 Å². The van der Waals surface area contributed by atoms with Gasteiger partial charge in [-0.15, -0.1) is 0 Å². The summed E-state index contributed by atoms with van der Waals surface area (Å²) in [5.74, 6) is 0.168. The number of hydrogen-bond donors (Lipinski definition) is 1. The molecule has 2 unspecified atom stereocenters. The van der Waals surface area contributed by atoms with Crippen LogP contribution in [-0.2, 0) is 11.2 Å². The first kappa shape index (κ1) is 15.0. The third-order valence-corrected chi connectivity index (χ3v) is 4.44. The van der Waals surface area contributed by atoms with Crippen LogP contribution in [0.4, 0.5) is 0 Å². The third kappa shape index (κ3) is 3.59. The minimum absolute atomic E-state index is 0.146. The van der Waals surface area contributed by atoms with Gasteiger partial charge in [0.05, 0.1) is 17.3 Å². The highest BCUT2D eigenvalue weighted by atomic mass is 79.9. The van der Waals surface area contributed by atoms with E-state index in [1.807, 2.05) is 12.1 Å². The Morgan fingerprint density at radius 2 is 2.05 bits per heavy atom. The smallest absolute Gasteiger partial charge is 0.0687 e. The Bertz CT molecular complexity index is 454. The Labute approximate surface area is 124 Å². The number of hydrogen-bond acceptors (Lipinski definition) is 2. The van der Waals surface area contributed by atoms with E-state index in [0.29, 0.717) is 6.42 Å². The van der Waals surface area contributed by atoms with Crippen LogP contribution in [0.5, 0.6) is 0 Å². The standard InChI is InChI=1S/C16H23BrO2/c1-15(2)10-13(16(3,4)19-15)14(18)9-11-6-5-7-12(17)8-11/h5-8,13-14,18H,9-10H2,1-4H3. The van der Waals surface area contributed by atoms with Gasteiger partial charge in [-0.3, -0.25) is 0 Å². The van der Waals surface area contributed by atoms with Crippen LogP contribution in [0.1, 0.15) is 39.7 Å². The molecule has 3 heteroatoms. The fraction of sp³-hybridized carbons (Fsp3) is 0.625. The first-order valence-corrected chi connectivity index (χ1v) is 7.62. The second-order valence-electron chi connectivity index (χ2n) is 6.68. The fourth-order valence-electron chi connectivity index (χ4n) is 3.25. The molecule has 1 saturated heterocycles. The number of halogens is 1. The molecule has 19 heavy (non-hydrogen) atoms. The lowest BCUT2D eigenvalue weighted by Crippen LogP contribution is -2.37. The quantitative estimate of drug-likeness (QED) is 0.911. The van der Waals surface area contributed by atoms with Gasteiger partial charge < -0.3 is 9.84 Å². The van der Waals surface area contributed by atoms with Crippen molar-refractivity contribution < 1.29 is 9.84 Å². The number of aliphatic hydroxyl groups is 1. The molecule has 0 radical (unpaired) electrons. The first-order valence-electron chi connectivity index (χ1n) is 6.82. The van der Waals surface area contributed by atoms with Crippen molar-refractivity contribution in [3.63, 3.8) is 0 Å². The molecule has 1 heterocycles. The van der Waals surface area contributed by atoms with Crippen molar-refractivity contribution in [2.75, 3.05) is 0 Å². The van der Waals surface area contributed by atoms with Crippen LogP contribution in [-0.4, -0.2) is 22.4 Å². The van der Waals surface area contributed by atoms with E-state index in [1.165, 1.54) is 0 Å². The van der Waals surface area contributed by atoms with Gasteiger partial charge >= 0.3 is 0 Å². The van der Waals surface area contributed by atoms with Crippen molar-refractivity contribution in [1.82, 2.24) is 0 Å². The van der Waals surface area contributed by atoms with E-state index in [-0.39, 0.29) is 23.2 Å². The number of rotatable bonds is 3. The molecule has 2 rings (SSSR count). The topological polar surface area (TPSA) is 29.5 Å². The Morgan fingerprint density at radius 3 is 2.58 bits per heavy atom. The molecule has 0 spiro atoms. The predicted octanol–water partition coefficient (Wildman–Crippen LogP) is 3.95. The highest BCUT2D eigenvalue weighted by Gasteiger charge is 2.48. The van der Waals surface area contributed by atoms with E-state index in [0.717, 1.165) is 16.5 Å². The predicted molar refractivity (Wildman–Crippen MR) is 81.2 cm³/mol. The lowest BCUT2D eigenvalue weighted by Gasteiger charge is -2.30. The van der Waals surface area contributed by atoms with Gasteiger partial charge in [-0.05, 0) is 58.2 Å². The molecule has 1 N–H and O–H groups in total. The van der Waals surface area contributed by atoms with Gasteiger partial charge in [0, 0.05) is 10.4 Å². The average Bonchev–Trinajstić information content (AvgIpc) is 2.46. The zero-order chi connectivity index (χ0) is 14.3. The van der Waals surface area contributed by atoms with Crippen LogP contribution in [0, 0.1) is 5.92 Å². The monoisotopic (exact) mass is 326 g/mol. The Balaban J connectivity index is 2.10. The van der Waals surface area contributed by atoms with Crippen LogP contribution in [0.3, 0.4) is 0 Å². The maximum absolute atomic E-state index is 10.6. The highest BCUT2D eigenvalue weighted by Crippen LogP contribution is 2.44. The molecule has 1 fully saturated rings. The van der Waals surface area contributed by atoms with E-state index >= 15 is 0 Å². The maximum atomic E-state index is 10.6. The molecule has 0 aliphatic carbocycles. The normalized spacial score (nSPS) is 26.3. The van der Waals surface area contributed by atoms with E-state index in [9.17, 15) is 5.11 Å². The lowest BCUT2D eigenvalue weighted by atomic mass is 9.81. The van der Waals surface area contributed by atoms with Gasteiger partial charge in [-0.25, -0.2) is 0 Å². The van der Waals surface area contributed by atoms with E-state index < -0.39 is 0 Å². The largest absolute Gasteiger partial charge is 0.392 e. The zero-order valence-electron chi connectivity index (χ0n) is 12.1. The third-order valence-electron chi connectivity index (χ3n) is 3.94. The average molecular weight is 327 g/mol. The molecule has 0 amide bonds. The van der Waals surface area contributed by atoms with Gasteiger partial charge in [0.2, 0.25) is 0 Å². The van der Waals surface area contributed by atoms with Gasteiger partial charge in [0.15, 0.2) is 0 Å². The van der Waals surface area contributed by atoms with Crippen molar-refractivity contribution in [3.8, 4) is 0 Å². The van der Waals surface area contributed by atoms with Crippen LogP contribution in [0.2, 0.25) is 0 Å². The van der Waals surface area contributed by atoms with Crippen molar-refractivity contribution >= 4 is 15.9 Å². The molecule has 2 nitrogen and oxygen atoms in total. The van der Waals surface area contributed by atoms with Crippen molar-refractivity contribution in [2.24, 2.45) is 5.92 Å². The molecule has 0 aromatic heterocycles. The number of aliphatic hydroxyl groups excluding tert-OH is 1. The van der Waals surface area contributed by atoms with Gasteiger partial charge in [0.25, 0.3) is 0 Å². The summed E-state index contributed by atoms with van der Waals surface area (Å²) in [4.78, 5) is 0. The summed E-state index contributed by atoms with van der Waals surface area (Å²) in [5.41, 5.74) is 0.740. The molecule has 1 aromatic carbocycles. The summed E-state index contributed by atoms with van der Waals surface area (Å²) < 4.78 is 7.12. The lowest BCUT2D eigenvalue weighted by molar-refractivity contribution is -0.0873. The summed E-state index contributed by atoms with van der Waals surface area (Å²) in [6.45, 7) is 8.36. The first-order chi connectivity index (χ1) is 8.70. The zero-order valence-corrected chi connectivity index (χ0v) is 13.7. The second-order valence-corrected chi connectivity index (χ2v) is 7.59. The Kier molecular flexibility index (Phi) is 4.10. The van der Waals surface area contributed by atoms with E-state index in [1.54, 1.807) is 0 Å². The molecular weight excluding hydrogens is 304 g/mol. The van der Waals surface area contributed by atoms with Gasteiger partial charge in [0.1, 0.15) is 0 Å². The Hall–Kier alpha value is -0.380. The summed E-state index contributed by atoms with van der Waals surface area (Å²) >= 11 is 3.47. The van der Waals surface area contributed by atoms with Crippen molar-refractivity contribution in [1.29, 1.82) is 0 Å². The van der Waals surface area contributed by atoms with Gasteiger partial charge in [-0.1, -0.05) is 28.1 Å². The summed E-state index contributed by atoms with van der Waals surface area (Å²) in [6, 6.07) is 8.13. The minimum Gasteiger partial charge on any atom is -0.392 e. The summed E-state index contributed by atoms with van der Waals surface area (Å²) in [6.07, 6.45) is 1.20. The highest BCUT2D eigenvalue weighted by molar-refractivity contribution is 9.10. The van der Waals surface area contributed by atoms with Crippen LogP contribution in [0.15, 0.2) is 28.7 Å². The molecule has 1 aliphatic heterocycles. The Morgan fingerprint density at radius 1 is 1.37 bits per heavy atom. The van der Waals surface area contributed by atoms with Crippen molar-refractivity contribution in [3.05, 3.63) is 34.3 Å². The molecule has 1 aliphatic rings. The van der Waals surface area contributed by atoms with Crippen LogP contribution in [0.25, 0.3) is 0 Å². The molecule has 106 valence electrons. The van der Waals surface area contributed by atoms with Crippen LogP contribution >= 0.6 is 15.9 Å². The van der Waals surface area contributed by atoms with E-state index in [2.05, 4.69) is 55.8 Å². The molecule has 0 bridgehead atoms. The molecule has 1 aromatic rings. The maximum Gasteiger partial charge on any atom is 0.0687 e. The van der Waals surface area contributed by atoms with E-state index in [4.69, 9.17) is 4.74 Å². The molecule has 0 saturated carbocycles. The molecule has 2 atom stereocenters. The van der Waals surface area contributed by atoms with Crippen molar-refractivity contribution in [2.45, 2.75) is 57.8 Å². The SMILES string of the molecule is CC1(C)CC(C(O)Cc2cccc(Br)c2)C(C)(C)O1. The fourth-order valence-corrected chi connectivity index (χ4v) is 3.70. The van der Waals surface area contributed by atoms with Crippen LogP contribution < -0.4 is 0 Å². The molecular formula is C16H23BrO2. The number of benzene rings is 1. The summed E-state index contributed by atoms with van der Waals surface area (Å²) in [7, 11) is 0. The number of ether oxygens (including phenoxy) is 1. The minimum atomic E-state index is -0.369.